The van der Waals surface area contributed by atoms with E-state index < -0.39 is 0 Å². The molecule has 0 amide bonds. The Balaban J connectivity index is 1.99. The summed E-state index contributed by atoms with van der Waals surface area (Å²) in [5.41, 5.74) is 1.40. The minimum Gasteiger partial charge on any atom is -0.310 e. The molecule has 1 atom stereocenters. The lowest BCUT2D eigenvalue weighted by Gasteiger charge is -2.30. The summed E-state index contributed by atoms with van der Waals surface area (Å²) in [6.45, 7) is 8.58. The van der Waals surface area contributed by atoms with Gasteiger partial charge < -0.3 is 5.32 Å². The SMILES string of the molecule is CCN(CC)C(CNCc1cccs1)c1ccccc1. The molecule has 108 valence electrons. The summed E-state index contributed by atoms with van der Waals surface area (Å²) in [4.78, 5) is 3.91. The van der Waals surface area contributed by atoms with Crippen molar-refractivity contribution in [2.24, 2.45) is 0 Å². The Morgan fingerprint density at radius 3 is 2.40 bits per heavy atom. The van der Waals surface area contributed by atoms with E-state index in [1.165, 1.54) is 10.4 Å². The van der Waals surface area contributed by atoms with Gasteiger partial charge in [-0.25, -0.2) is 0 Å². The molecule has 0 bridgehead atoms. The lowest BCUT2D eigenvalue weighted by molar-refractivity contribution is 0.213. The molecule has 2 aromatic rings. The Bertz CT molecular complexity index is 463. The highest BCUT2D eigenvalue weighted by Crippen LogP contribution is 2.19. The predicted octanol–water partition coefficient (Wildman–Crippen LogP) is 3.92. The third kappa shape index (κ3) is 4.17. The Hall–Kier alpha value is -1.16. The molecule has 1 aromatic heterocycles. The van der Waals surface area contributed by atoms with E-state index in [2.05, 4.69) is 71.9 Å². The van der Waals surface area contributed by atoms with E-state index in [9.17, 15) is 0 Å². The van der Waals surface area contributed by atoms with Gasteiger partial charge in [0, 0.05) is 24.0 Å². The number of hydrogen-bond donors (Lipinski definition) is 1. The van der Waals surface area contributed by atoms with Crippen molar-refractivity contribution in [2.45, 2.75) is 26.4 Å². The van der Waals surface area contributed by atoms with Crippen molar-refractivity contribution >= 4 is 11.3 Å². The zero-order valence-corrected chi connectivity index (χ0v) is 13.2. The van der Waals surface area contributed by atoms with Gasteiger partial charge in [0.2, 0.25) is 0 Å². The molecule has 1 aromatic carbocycles. The number of rotatable bonds is 8. The van der Waals surface area contributed by atoms with Crippen molar-refractivity contribution in [3.05, 3.63) is 58.3 Å². The van der Waals surface area contributed by atoms with Crippen LogP contribution in [0.5, 0.6) is 0 Å². The van der Waals surface area contributed by atoms with E-state index >= 15 is 0 Å². The summed E-state index contributed by atoms with van der Waals surface area (Å²) in [6.07, 6.45) is 0. The lowest BCUT2D eigenvalue weighted by atomic mass is 10.1. The molecular weight excluding hydrogens is 264 g/mol. The third-order valence-corrected chi connectivity index (χ3v) is 4.53. The van der Waals surface area contributed by atoms with Gasteiger partial charge in [-0.1, -0.05) is 50.2 Å². The predicted molar refractivity (Wildman–Crippen MR) is 88.1 cm³/mol. The molecule has 0 aliphatic rings. The van der Waals surface area contributed by atoms with Crippen LogP contribution in [-0.2, 0) is 6.54 Å². The van der Waals surface area contributed by atoms with Crippen LogP contribution in [0.15, 0.2) is 47.8 Å². The molecule has 1 heterocycles. The quantitative estimate of drug-likeness (QED) is 0.792. The largest absolute Gasteiger partial charge is 0.310 e. The molecule has 0 radical (unpaired) electrons. The number of nitrogens with zero attached hydrogens (tertiary/aromatic N) is 1. The fourth-order valence-corrected chi connectivity index (χ4v) is 3.22. The minimum atomic E-state index is 0.450. The number of likely N-dealkylation sites (N-methyl/N-ethyl adjacent to an activating group) is 1. The standard InChI is InChI=1S/C17H24N2S/c1-3-19(4-2)17(15-9-6-5-7-10-15)14-18-13-16-11-8-12-20-16/h5-12,17-18H,3-4,13-14H2,1-2H3. The number of thiophene rings is 1. The number of nitrogens with one attached hydrogen (secondary N) is 1. The van der Waals surface area contributed by atoms with Crippen molar-refractivity contribution in [3.8, 4) is 0 Å². The van der Waals surface area contributed by atoms with Gasteiger partial charge >= 0.3 is 0 Å². The Labute approximate surface area is 126 Å². The van der Waals surface area contributed by atoms with Crippen molar-refractivity contribution in [1.29, 1.82) is 0 Å². The van der Waals surface area contributed by atoms with Crippen molar-refractivity contribution in [1.82, 2.24) is 10.2 Å². The maximum absolute atomic E-state index is 3.60. The van der Waals surface area contributed by atoms with Crippen LogP contribution < -0.4 is 5.32 Å². The first-order chi connectivity index (χ1) is 9.85. The normalized spacial score (nSPS) is 12.8. The molecule has 3 heteroatoms. The first-order valence-corrected chi connectivity index (χ1v) is 8.25. The Morgan fingerprint density at radius 1 is 1.05 bits per heavy atom. The summed E-state index contributed by atoms with van der Waals surface area (Å²) < 4.78 is 0. The van der Waals surface area contributed by atoms with E-state index in [1.54, 1.807) is 0 Å². The third-order valence-electron chi connectivity index (χ3n) is 3.65. The Kier molecular flexibility index (Phi) is 6.25. The molecule has 0 saturated heterocycles. The number of hydrogen-bond acceptors (Lipinski definition) is 3. The zero-order valence-electron chi connectivity index (χ0n) is 12.4. The molecular formula is C17H24N2S. The molecule has 0 saturated carbocycles. The van der Waals surface area contributed by atoms with Crippen LogP contribution in [-0.4, -0.2) is 24.5 Å². The lowest BCUT2D eigenvalue weighted by Crippen LogP contribution is -2.35. The maximum atomic E-state index is 3.60. The van der Waals surface area contributed by atoms with Gasteiger partial charge in [0.15, 0.2) is 0 Å². The molecule has 2 nitrogen and oxygen atoms in total. The van der Waals surface area contributed by atoms with Crippen LogP contribution in [0.25, 0.3) is 0 Å². The molecule has 20 heavy (non-hydrogen) atoms. The maximum Gasteiger partial charge on any atom is 0.0472 e. The first kappa shape index (κ1) is 15.2. The topological polar surface area (TPSA) is 15.3 Å². The zero-order chi connectivity index (χ0) is 14.2. The van der Waals surface area contributed by atoms with Crippen LogP contribution in [0, 0.1) is 0 Å². The van der Waals surface area contributed by atoms with Gasteiger partial charge in [0.25, 0.3) is 0 Å². The minimum absolute atomic E-state index is 0.450. The van der Waals surface area contributed by atoms with Crippen LogP contribution in [0.1, 0.15) is 30.3 Å². The molecule has 2 rings (SSSR count). The van der Waals surface area contributed by atoms with Gasteiger partial charge in [-0.3, -0.25) is 4.90 Å². The van der Waals surface area contributed by atoms with Gasteiger partial charge in [0.1, 0.15) is 0 Å². The van der Waals surface area contributed by atoms with Crippen molar-refractivity contribution in [2.75, 3.05) is 19.6 Å². The highest BCUT2D eigenvalue weighted by atomic mass is 32.1. The van der Waals surface area contributed by atoms with E-state index in [-0.39, 0.29) is 0 Å². The fourth-order valence-electron chi connectivity index (χ4n) is 2.54. The molecule has 0 aliphatic carbocycles. The average molecular weight is 288 g/mol. The highest BCUT2D eigenvalue weighted by Gasteiger charge is 2.17. The first-order valence-electron chi connectivity index (χ1n) is 7.37. The van der Waals surface area contributed by atoms with Crippen LogP contribution >= 0.6 is 11.3 Å². The molecule has 1 unspecified atom stereocenters. The van der Waals surface area contributed by atoms with Crippen molar-refractivity contribution in [3.63, 3.8) is 0 Å². The van der Waals surface area contributed by atoms with Crippen LogP contribution in [0.3, 0.4) is 0 Å². The summed E-state index contributed by atoms with van der Waals surface area (Å²) in [6, 6.07) is 15.6. The second-order valence-electron chi connectivity index (χ2n) is 4.86. The van der Waals surface area contributed by atoms with Gasteiger partial charge in [0.05, 0.1) is 0 Å². The summed E-state index contributed by atoms with van der Waals surface area (Å²) in [7, 11) is 0. The van der Waals surface area contributed by atoms with Crippen molar-refractivity contribution < 1.29 is 0 Å². The summed E-state index contributed by atoms with van der Waals surface area (Å²) in [5, 5.41) is 5.74. The fraction of sp³-hybridized carbons (Fsp3) is 0.412. The van der Waals surface area contributed by atoms with Crippen LogP contribution in [0.4, 0.5) is 0 Å². The van der Waals surface area contributed by atoms with E-state index in [0.717, 1.165) is 26.2 Å². The van der Waals surface area contributed by atoms with Gasteiger partial charge in [-0.05, 0) is 30.1 Å². The molecule has 1 N–H and O–H groups in total. The monoisotopic (exact) mass is 288 g/mol. The van der Waals surface area contributed by atoms with Gasteiger partial charge in [-0.2, -0.15) is 0 Å². The second kappa shape index (κ2) is 8.20. The summed E-state index contributed by atoms with van der Waals surface area (Å²) >= 11 is 1.81. The van der Waals surface area contributed by atoms with E-state index in [0.29, 0.717) is 6.04 Å². The molecule has 0 aliphatic heterocycles. The second-order valence-corrected chi connectivity index (χ2v) is 5.89. The molecule has 0 spiro atoms. The average Bonchev–Trinajstić information content (AvgIpc) is 3.01. The smallest absolute Gasteiger partial charge is 0.0472 e. The highest BCUT2D eigenvalue weighted by molar-refractivity contribution is 7.09. The van der Waals surface area contributed by atoms with E-state index in [4.69, 9.17) is 0 Å². The van der Waals surface area contributed by atoms with Crippen LogP contribution in [0.2, 0.25) is 0 Å². The van der Waals surface area contributed by atoms with E-state index in [1.807, 2.05) is 11.3 Å². The van der Waals surface area contributed by atoms with Gasteiger partial charge in [-0.15, -0.1) is 11.3 Å². The molecule has 0 fully saturated rings. The number of benzene rings is 1. The summed E-state index contributed by atoms with van der Waals surface area (Å²) in [5.74, 6) is 0. The Morgan fingerprint density at radius 2 is 1.80 bits per heavy atom.